The van der Waals surface area contributed by atoms with Crippen molar-refractivity contribution in [3.8, 4) is 0 Å². The average molecular weight is 318 g/mol. The average Bonchev–Trinajstić information content (AvgIpc) is 3.03. The number of carbonyl (C=O) groups is 2. The Kier molecular flexibility index (Phi) is 3.58. The molecule has 1 aliphatic carbocycles. The third kappa shape index (κ3) is 2.27. The van der Waals surface area contributed by atoms with Crippen molar-refractivity contribution in [3.63, 3.8) is 0 Å². The Balaban J connectivity index is 1.93. The maximum Gasteiger partial charge on any atom is 0.311 e. The minimum Gasteiger partial charge on any atom is -0.481 e. The van der Waals surface area contributed by atoms with Gasteiger partial charge in [-0.15, -0.1) is 0 Å². The van der Waals surface area contributed by atoms with Crippen molar-refractivity contribution < 1.29 is 19.6 Å². The van der Waals surface area contributed by atoms with Crippen LogP contribution in [0.3, 0.4) is 0 Å². The fourth-order valence-electron chi connectivity index (χ4n) is 4.04. The SMILES string of the molecule is Cc1cccc(C(=O)N2C[C@@H]3CCC[C@@]3(C(=O)O)C2)c1[N+](=O)[O-]. The predicted molar refractivity (Wildman–Crippen MR) is 81.1 cm³/mol. The third-order valence-corrected chi connectivity index (χ3v) is 5.23. The van der Waals surface area contributed by atoms with Crippen LogP contribution in [0.25, 0.3) is 0 Å². The highest BCUT2D eigenvalue weighted by molar-refractivity contribution is 5.99. The number of rotatable bonds is 3. The van der Waals surface area contributed by atoms with Crippen LogP contribution in [0.2, 0.25) is 0 Å². The van der Waals surface area contributed by atoms with Gasteiger partial charge in [0.15, 0.2) is 0 Å². The van der Waals surface area contributed by atoms with E-state index in [2.05, 4.69) is 0 Å². The maximum atomic E-state index is 12.7. The normalized spacial score (nSPS) is 26.1. The van der Waals surface area contributed by atoms with Crippen LogP contribution in [0.1, 0.15) is 35.2 Å². The summed E-state index contributed by atoms with van der Waals surface area (Å²) in [4.78, 5) is 36.6. The quantitative estimate of drug-likeness (QED) is 0.680. The number of carboxylic acid groups (broad SMARTS) is 1. The summed E-state index contributed by atoms with van der Waals surface area (Å²) in [5.74, 6) is -1.38. The second-order valence-electron chi connectivity index (χ2n) is 6.46. The highest BCUT2D eigenvalue weighted by Gasteiger charge is 2.56. The molecule has 2 fully saturated rings. The molecule has 1 aromatic carbocycles. The van der Waals surface area contributed by atoms with Crippen LogP contribution in [-0.4, -0.2) is 39.9 Å². The lowest BCUT2D eigenvalue weighted by Crippen LogP contribution is -2.37. The molecule has 2 aliphatic rings. The molecule has 1 aromatic rings. The number of hydrogen-bond acceptors (Lipinski definition) is 4. The summed E-state index contributed by atoms with van der Waals surface area (Å²) in [6.07, 6.45) is 2.20. The van der Waals surface area contributed by atoms with E-state index >= 15 is 0 Å². The second-order valence-corrected chi connectivity index (χ2v) is 6.46. The molecule has 3 rings (SSSR count). The second kappa shape index (κ2) is 5.33. The smallest absolute Gasteiger partial charge is 0.311 e. The maximum absolute atomic E-state index is 12.7. The zero-order chi connectivity index (χ0) is 16.8. The molecule has 0 bridgehead atoms. The van der Waals surface area contributed by atoms with Crippen molar-refractivity contribution in [3.05, 3.63) is 39.4 Å². The molecule has 7 nitrogen and oxygen atoms in total. The van der Waals surface area contributed by atoms with E-state index in [9.17, 15) is 24.8 Å². The van der Waals surface area contributed by atoms with Crippen LogP contribution in [-0.2, 0) is 4.79 Å². The summed E-state index contributed by atoms with van der Waals surface area (Å²) in [6.45, 7) is 2.08. The van der Waals surface area contributed by atoms with Gasteiger partial charge < -0.3 is 10.0 Å². The van der Waals surface area contributed by atoms with Crippen LogP contribution in [0.15, 0.2) is 18.2 Å². The van der Waals surface area contributed by atoms with E-state index in [1.165, 1.54) is 11.0 Å². The number of nitrogens with zero attached hydrogens (tertiary/aromatic N) is 2. The molecule has 2 atom stereocenters. The summed E-state index contributed by atoms with van der Waals surface area (Å²) in [7, 11) is 0. The summed E-state index contributed by atoms with van der Waals surface area (Å²) in [6, 6.07) is 4.64. The zero-order valence-electron chi connectivity index (χ0n) is 12.8. The van der Waals surface area contributed by atoms with E-state index in [-0.39, 0.29) is 23.7 Å². The number of nitro groups is 1. The summed E-state index contributed by atoms with van der Waals surface area (Å²) < 4.78 is 0. The third-order valence-electron chi connectivity index (χ3n) is 5.23. The molecule has 0 unspecified atom stereocenters. The summed E-state index contributed by atoms with van der Waals surface area (Å²) in [5, 5.41) is 20.9. The molecule has 0 aromatic heterocycles. The molecule has 1 saturated heterocycles. The van der Waals surface area contributed by atoms with Crippen molar-refractivity contribution >= 4 is 17.6 Å². The van der Waals surface area contributed by atoms with Crippen LogP contribution in [0.4, 0.5) is 5.69 Å². The van der Waals surface area contributed by atoms with E-state index in [1.807, 2.05) is 0 Å². The van der Waals surface area contributed by atoms with Gasteiger partial charge in [0.1, 0.15) is 5.56 Å². The molecule has 0 radical (unpaired) electrons. The number of aryl methyl sites for hydroxylation is 1. The lowest BCUT2D eigenvalue weighted by Gasteiger charge is -2.23. The van der Waals surface area contributed by atoms with Gasteiger partial charge in [-0.3, -0.25) is 19.7 Å². The number of carbonyl (C=O) groups excluding carboxylic acids is 1. The van der Waals surface area contributed by atoms with Gasteiger partial charge in [0, 0.05) is 18.7 Å². The van der Waals surface area contributed by atoms with Crippen LogP contribution in [0, 0.1) is 28.4 Å². The van der Waals surface area contributed by atoms with E-state index in [4.69, 9.17) is 0 Å². The molecule has 23 heavy (non-hydrogen) atoms. The predicted octanol–water partition coefficient (Wildman–Crippen LogP) is 2.23. The van der Waals surface area contributed by atoms with Crippen molar-refractivity contribution in [1.29, 1.82) is 0 Å². The van der Waals surface area contributed by atoms with E-state index in [0.717, 1.165) is 12.8 Å². The Labute approximate surface area is 133 Å². The molecule has 7 heteroatoms. The van der Waals surface area contributed by atoms with Gasteiger partial charge in [-0.25, -0.2) is 0 Å². The van der Waals surface area contributed by atoms with E-state index < -0.39 is 22.2 Å². The van der Waals surface area contributed by atoms with Gasteiger partial charge in [0.25, 0.3) is 11.6 Å². The van der Waals surface area contributed by atoms with Gasteiger partial charge in [-0.1, -0.05) is 18.6 Å². The zero-order valence-corrected chi connectivity index (χ0v) is 12.8. The Morgan fingerprint density at radius 3 is 2.78 bits per heavy atom. The monoisotopic (exact) mass is 318 g/mol. The van der Waals surface area contributed by atoms with Crippen LogP contribution >= 0.6 is 0 Å². The Morgan fingerprint density at radius 1 is 1.43 bits per heavy atom. The van der Waals surface area contributed by atoms with Gasteiger partial charge in [-0.05, 0) is 31.7 Å². The van der Waals surface area contributed by atoms with Crippen molar-refractivity contribution in [2.75, 3.05) is 13.1 Å². The molecule has 0 spiro atoms. The first-order valence-corrected chi connectivity index (χ1v) is 7.63. The number of hydrogen-bond donors (Lipinski definition) is 1. The fraction of sp³-hybridized carbons (Fsp3) is 0.500. The molecule has 1 heterocycles. The number of para-hydroxylation sites is 1. The number of carboxylic acids is 1. The molecular formula is C16H18N2O5. The first-order valence-electron chi connectivity index (χ1n) is 7.63. The molecular weight excluding hydrogens is 300 g/mol. The van der Waals surface area contributed by atoms with E-state index in [0.29, 0.717) is 18.5 Å². The lowest BCUT2D eigenvalue weighted by atomic mass is 9.81. The summed E-state index contributed by atoms with van der Waals surface area (Å²) in [5.41, 5.74) is -0.614. The molecule has 1 amide bonds. The topological polar surface area (TPSA) is 101 Å². The van der Waals surface area contributed by atoms with Gasteiger partial charge >= 0.3 is 5.97 Å². The Hall–Kier alpha value is -2.44. The van der Waals surface area contributed by atoms with Crippen LogP contribution in [0.5, 0.6) is 0 Å². The molecule has 1 aliphatic heterocycles. The first-order chi connectivity index (χ1) is 10.9. The Bertz CT molecular complexity index is 702. The van der Waals surface area contributed by atoms with Gasteiger partial charge in [-0.2, -0.15) is 0 Å². The minimum absolute atomic E-state index is 0.0375. The largest absolute Gasteiger partial charge is 0.481 e. The van der Waals surface area contributed by atoms with Crippen molar-refractivity contribution in [2.45, 2.75) is 26.2 Å². The van der Waals surface area contributed by atoms with E-state index in [1.54, 1.807) is 19.1 Å². The standard InChI is InChI=1S/C16H18N2O5/c1-10-4-2-6-12(13(10)18(22)23)14(19)17-8-11-5-3-7-16(11,9-17)15(20)21/h2,4,6,11H,3,5,7-9H2,1H3,(H,20,21)/t11-,16+/m0/s1. The van der Waals surface area contributed by atoms with Crippen molar-refractivity contribution in [2.24, 2.45) is 11.3 Å². The highest BCUT2D eigenvalue weighted by Crippen LogP contribution is 2.49. The molecule has 1 saturated carbocycles. The molecule has 1 N–H and O–H groups in total. The van der Waals surface area contributed by atoms with Crippen molar-refractivity contribution in [1.82, 2.24) is 4.90 Å². The fourth-order valence-corrected chi connectivity index (χ4v) is 4.04. The Morgan fingerprint density at radius 2 is 2.17 bits per heavy atom. The van der Waals surface area contributed by atoms with Gasteiger partial charge in [0.2, 0.25) is 0 Å². The molecule has 122 valence electrons. The minimum atomic E-state index is -0.881. The number of fused-ring (bicyclic) bond motifs is 1. The highest BCUT2D eigenvalue weighted by atomic mass is 16.6. The summed E-state index contributed by atoms with van der Waals surface area (Å²) >= 11 is 0. The van der Waals surface area contributed by atoms with Crippen LogP contribution < -0.4 is 0 Å². The lowest BCUT2D eigenvalue weighted by molar-refractivity contribution is -0.385. The number of nitro benzene ring substituents is 1. The van der Waals surface area contributed by atoms with Gasteiger partial charge in [0.05, 0.1) is 10.3 Å². The number of amides is 1. The first kappa shape index (κ1) is 15.5. The number of aliphatic carboxylic acids is 1. The number of likely N-dealkylation sites (tertiary alicyclic amines) is 1. The number of benzene rings is 1.